The first-order valence-electron chi connectivity index (χ1n) is 8.64. The van der Waals surface area contributed by atoms with E-state index in [9.17, 15) is 9.59 Å². The largest absolute Gasteiger partial charge is 0.494 e. The molecule has 0 saturated carbocycles. The van der Waals surface area contributed by atoms with Crippen molar-refractivity contribution in [3.05, 3.63) is 54.6 Å². The zero-order valence-corrected chi connectivity index (χ0v) is 14.7. The SMILES string of the molecule is CNC(=O)[C@@H]1CN(C(=O)CCCOc2ccccc2)c2ccccc2O1. The fraction of sp³-hybridized carbons (Fsp3) is 0.300. The van der Waals surface area contributed by atoms with Gasteiger partial charge < -0.3 is 19.7 Å². The minimum atomic E-state index is -0.709. The number of nitrogens with zero attached hydrogens (tertiary/aromatic N) is 1. The van der Waals surface area contributed by atoms with Crippen molar-refractivity contribution < 1.29 is 19.1 Å². The van der Waals surface area contributed by atoms with Gasteiger partial charge in [-0.05, 0) is 30.7 Å². The van der Waals surface area contributed by atoms with E-state index in [2.05, 4.69) is 5.32 Å². The molecule has 0 aliphatic carbocycles. The van der Waals surface area contributed by atoms with Gasteiger partial charge in [0.15, 0.2) is 6.10 Å². The molecule has 6 heteroatoms. The van der Waals surface area contributed by atoms with Crippen LogP contribution in [0.25, 0.3) is 0 Å². The maximum absolute atomic E-state index is 12.7. The van der Waals surface area contributed by atoms with E-state index < -0.39 is 6.10 Å². The highest BCUT2D eigenvalue weighted by Gasteiger charge is 2.32. The van der Waals surface area contributed by atoms with Gasteiger partial charge in [0.1, 0.15) is 11.5 Å². The summed E-state index contributed by atoms with van der Waals surface area (Å²) in [5, 5.41) is 2.57. The molecular weight excluding hydrogens is 332 g/mol. The number of para-hydroxylation sites is 3. The van der Waals surface area contributed by atoms with Crippen molar-refractivity contribution in [1.29, 1.82) is 0 Å². The highest BCUT2D eigenvalue weighted by Crippen LogP contribution is 2.33. The van der Waals surface area contributed by atoms with Crippen molar-refractivity contribution >= 4 is 17.5 Å². The highest BCUT2D eigenvalue weighted by atomic mass is 16.5. The smallest absolute Gasteiger partial charge is 0.262 e. The number of hydrogen-bond donors (Lipinski definition) is 1. The van der Waals surface area contributed by atoms with Crippen LogP contribution in [-0.4, -0.2) is 38.1 Å². The molecule has 1 aliphatic heterocycles. The zero-order valence-electron chi connectivity index (χ0n) is 14.7. The molecule has 26 heavy (non-hydrogen) atoms. The van der Waals surface area contributed by atoms with Crippen molar-refractivity contribution in [2.75, 3.05) is 25.1 Å². The van der Waals surface area contributed by atoms with Crippen molar-refractivity contribution in [2.45, 2.75) is 18.9 Å². The lowest BCUT2D eigenvalue weighted by atomic mass is 10.1. The van der Waals surface area contributed by atoms with Crippen molar-refractivity contribution in [1.82, 2.24) is 5.32 Å². The summed E-state index contributed by atoms with van der Waals surface area (Å²) < 4.78 is 11.3. The van der Waals surface area contributed by atoms with Gasteiger partial charge in [0.2, 0.25) is 5.91 Å². The fourth-order valence-electron chi connectivity index (χ4n) is 2.83. The maximum Gasteiger partial charge on any atom is 0.262 e. The van der Waals surface area contributed by atoms with E-state index >= 15 is 0 Å². The van der Waals surface area contributed by atoms with E-state index in [4.69, 9.17) is 9.47 Å². The van der Waals surface area contributed by atoms with Gasteiger partial charge in [-0.1, -0.05) is 30.3 Å². The molecule has 0 aromatic heterocycles. The van der Waals surface area contributed by atoms with Crippen LogP contribution in [0.2, 0.25) is 0 Å². The van der Waals surface area contributed by atoms with Gasteiger partial charge in [-0.2, -0.15) is 0 Å². The summed E-state index contributed by atoms with van der Waals surface area (Å²) in [6, 6.07) is 16.8. The van der Waals surface area contributed by atoms with Gasteiger partial charge in [0, 0.05) is 13.5 Å². The molecule has 0 radical (unpaired) electrons. The molecule has 1 N–H and O–H groups in total. The molecule has 2 aromatic carbocycles. The standard InChI is InChI=1S/C20H22N2O4/c1-21-20(24)18-14-22(16-10-5-6-11-17(16)26-18)19(23)12-7-13-25-15-8-3-2-4-9-15/h2-6,8-11,18H,7,12-14H2,1H3,(H,21,24)/t18-/m0/s1. The number of likely N-dealkylation sites (N-methyl/N-ethyl adjacent to an activating group) is 1. The number of carbonyl (C=O) groups is 2. The first-order chi connectivity index (χ1) is 12.7. The molecule has 1 heterocycles. The van der Waals surface area contributed by atoms with E-state index in [0.717, 1.165) is 5.75 Å². The Hall–Kier alpha value is -3.02. The lowest BCUT2D eigenvalue weighted by Gasteiger charge is -2.34. The van der Waals surface area contributed by atoms with E-state index in [0.29, 0.717) is 30.9 Å². The Kier molecular flexibility index (Phi) is 5.73. The second kappa shape index (κ2) is 8.38. The predicted molar refractivity (Wildman–Crippen MR) is 98.4 cm³/mol. The number of benzene rings is 2. The number of anilines is 1. The summed E-state index contributed by atoms with van der Waals surface area (Å²) in [5.74, 6) is 1.04. The Bertz CT molecular complexity index is 763. The van der Waals surface area contributed by atoms with Crippen LogP contribution in [0.1, 0.15) is 12.8 Å². The van der Waals surface area contributed by atoms with Crippen molar-refractivity contribution in [3.63, 3.8) is 0 Å². The summed E-state index contributed by atoms with van der Waals surface area (Å²) >= 11 is 0. The summed E-state index contributed by atoms with van der Waals surface area (Å²) in [4.78, 5) is 26.3. The molecule has 136 valence electrons. The van der Waals surface area contributed by atoms with Crippen molar-refractivity contribution in [3.8, 4) is 11.5 Å². The minimum absolute atomic E-state index is 0.0497. The molecular formula is C20H22N2O4. The first-order valence-corrected chi connectivity index (χ1v) is 8.64. The Morgan fingerprint density at radius 1 is 1.15 bits per heavy atom. The molecule has 0 unspecified atom stereocenters. The Morgan fingerprint density at radius 3 is 2.65 bits per heavy atom. The molecule has 6 nitrogen and oxygen atoms in total. The van der Waals surface area contributed by atoms with Gasteiger partial charge in [-0.3, -0.25) is 9.59 Å². The number of ether oxygens (including phenoxy) is 2. The van der Waals surface area contributed by atoms with Crippen LogP contribution in [0, 0.1) is 0 Å². The normalized spacial score (nSPS) is 15.6. The van der Waals surface area contributed by atoms with Crippen LogP contribution < -0.4 is 19.7 Å². The number of nitrogens with one attached hydrogen (secondary N) is 1. The third kappa shape index (κ3) is 4.14. The topological polar surface area (TPSA) is 67.9 Å². The maximum atomic E-state index is 12.7. The predicted octanol–water partition coefficient (Wildman–Crippen LogP) is 2.39. The molecule has 0 saturated heterocycles. The third-order valence-corrected chi connectivity index (χ3v) is 4.16. The quantitative estimate of drug-likeness (QED) is 0.809. The number of fused-ring (bicyclic) bond motifs is 1. The number of carbonyl (C=O) groups excluding carboxylic acids is 2. The average Bonchev–Trinajstić information content (AvgIpc) is 2.70. The Labute approximate surface area is 152 Å². The monoisotopic (exact) mass is 354 g/mol. The second-order valence-corrected chi connectivity index (χ2v) is 5.96. The first kappa shape index (κ1) is 17.8. The highest BCUT2D eigenvalue weighted by molar-refractivity contribution is 5.97. The van der Waals surface area contributed by atoms with Gasteiger partial charge in [0.05, 0.1) is 18.8 Å². The summed E-state index contributed by atoms with van der Waals surface area (Å²) in [7, 11) is 1.55. The third-order valence-electron chi connectivity index (χ3n) is 4.16. The fourth-order valence-corrected chi connectivity index (χ4v) is 2.83. The Morgan fingerprint density at radius 2 is 1.88 bits per heavy atom. The van der Waals surface area contributed by atoms with Gasteiger partial charge in [-0.15, -0.1) is 0 Å². The Balaban J connectivity index is 1.61. The molecule has 1 atom stereocenters. The molecule has 3 rings (SSSR count). The number of rotatable bonds is 6. The van der Waals surface area contributed by atoms with Crippen LogP contribution in [-0.2, 0) is 9.59 Å². The van der Waals surface area contributed by atoms with E-state index in [-0.39, 0.29) is 18.4 Å². The van der Waals surface area contributed by atoms with E-state index in [1.165, 1.54) is 0 Å². The number of amides is 2. The van der Waals surface area contributed by atoms with Crippen LogP contribution in [0.3, 0.4) is 0 Å². The van der Waals surface area contributed by atoms with Gasteiger partial charge in [0.25, 0.3) is 5.91 Å². The van der Waals surface area contributed by atoms with Crippen LogP contribution >= 0.6 is 0 Å². The van der Waals surface area contributed by atoms with Gasteiger partial charge >= 0.3 is 0 Å². The number of hydrogen-bond acceptors (Lipinski definition) is 4. The van der Waals surface area contributed by atoms with Crippen molar-refractivity contribution in [2.24, 2.45) is 0 Å². The van der Waals surface area contributed by atoms with Crippen LogP contribution in [0.5, 0.6) is 11.5 Å². The molecule has 1 aliphatic rings. The minimum Gasteiger partial charge on any atom is -0.494 e. The lowest BCUT2D eigenvalue weighted by Crippen LogP contribution is -2.50. The zero-order chi connectivity index (χ0) is 18.4. The van der Waals surface area contributed by atoms with E-state index in [1.807, 2.05) is 48.5 Å². The summed E-state index contributed by atoms with van der Waals surface area (Å²) in [6.45, 7) is 0.662. The molecule has 0 spiro atoms. The van der Waals surface area contributed by atoms with Crippen LogP contribution in [0.4, 0.5) is 5.69 Å². The molecule has 2 amide bonds. The molecule has 0 fully saturated rings. The van der Waals surface area contributed by atoms with E-state index in [1.54, 1.807) is 18.0 Å². The summed E-state index contributed by atoms with van der Waals surface area (Å²) in [5.41, 5.74) is 0.696. The molecule has 0 bridgehead atoms. The lowest BCUT2D eigenvalue weighted by molar-refractivity contribution is -0.128. The van der Waals surface area contributed by atoms with Crippen LogP contribution in [0.15, 0.2) is 54.6 Å². The second-order valence-electron chi connectivity index (χ2n) is 5.96. The summed E-state index contributed by atoms with van der Waals surface area (Å²) in [6.07, 6.45) is 0.221. The van der Waals surface area contributed by atoms with Gasteiger partial charge in [-0.25, -0.2) is 0 Å². The average molecular weight is 354 g/mol. The molecule has 2 aromatic rings.